The molecule has 0 saturated carbocycles. The van der Waals surface area contributed by atoms with Crippen molar-refractivity contribution < 1.29 is 9.84 Å². The van der Waals surface area contributed by atoms with E-state index in [0.717, 1.165) is 61.5 Å². The fourth-order valence-electron chi connectivity index (χ4n) is 4.69. The van der Waals surface area contributed by atoms with Gasteiger partial charge in [0.2, 0.25) is 0 Å². The standard InChI is InChI=1S/C27H27ClN2O2/c28-22-11-9-21(10-12-22)27(31)13-17-30(18-14-27)16-4-7-24-23-6-2-1-5-20(23)19-32-25-8-3-15-29-26(24)25/h1-3,5-12,15,31H,4,13-14,16-19H2/b24-7+. The van der Waals surface area contributed by atoms with E-state index in [1.165, 1.54) is 11.1 Å². The second-order valence-corrected chi connectivity index (χ2v) is 9.02. The van der Waals surface area contributed by atoms with E-state index in [0.29, 0.717) is 11.6 Å². The molecule has 2 aliphatic rings. The molecule has 1 aromatic heterocycles. The van der Waals surface area contributed by atoms with E-state index in [9.17, 15) is 5.11 Å². The predicted octanol–water partition coefficient (Wildman–Crippen LogP) is 5.43. The zero-order valence-corrected chi connectivity index (χ0v) is 18.8. The molecular formula is C27H27ClN2O2. The molecule has 1 N–H and O–H groups in total. The Morgan fingerprint density at radius 1 is 1.03 bits per heavy atom. The maximum absolute atomic E-state index is 11.1. The molecule has 5 heteroatoms. The van der Waals surface area contributed by atoms with Gasteiger partial charge >= 0.3 is 0 Å². The van der Waals surface area contributed by atoms with Crippen LogP contribution in [0.3, 0.4) is 0 Å². The number of rotatable bonds is 4. The van der Waals surface area contributed by atoms with Crippen LogP contribution in [0.15, 0.2) is 72.9 Å². The highest BCUT2D eigenvalue weighted by molar-refractivity contribution is 6.30. The van der Waals surface area contributed by atoms with E-state index in [4.69, 9.17) is 16.3 Å². The first-order valence-corrected chi connectivity index (χ1v) is 11.6. The molecule has 3 heterocycles. The van der Waals surface area contributed by atoms with Crippen LogP contribution in [0.5, 0.6) is 5.75 Å². The highest BCUT2D eigenvalue weighted by atomic mass is 35.5. The normalized spacial score (nSPS) is 19.0. The van der Waals surface area contributed by atoms with E-state index in [2.05, 4.69) is 40.2 Å². The Hall–Kier alpha value is -2.66. The maximum Gasteiger partial charge on any atom is 0.146 e. The zero-order chi connectivity index (χ0) is 22.0. The third-order valence-electron chi connectivity index (χ3n) is 6.58. The first-order chi connectivity index (χ1) is 15.6. The summed E-state index contributed by atoms with van der Waals surface area (Å²) in [5.41, 5.74) is 4.63. The van der Waals surface area contributed by atoms with Gasteiger partial charge in [-0.1, -0.05) is 54.1 Å². The van der Waals surface area contributed by atoms with Crippen LogP contribution in [0.25, 0.3) is 5.57 Å². The topological polar surface area (TPSA) is 45.6 Å². The Labute approximate surface area is 194 Å². The van der Waals surface area contributed by atoms with Gasteiger partial charge in [-0.05, 0) is 60.2 Å². The molecule has 2 aromatic carbocycles. The molecule has 164 valence electrons. The molecule has 2 aliphatic heterocycles. The van der Waals surface area contributed by atoms with E-state index in [1.807, 2.05) is 42.6 Å². The number of aromatic nitrogens is 1. The van der Waals surface area contributed by atoms with Gasteiger partial charge in [0, 0.05) is 36.4 Å². The fourth-order valence-corrected chi connectivity index (χ4v) is 4.82. The molecule has 1 saturated heterocycles. The lowest BCUT2D eigenvalue weighted by Crippen LogP contribution is -2.42. The Balaban J connectivity index is 1.28. The summed E-state index contributed by atoms with van der Waals surface area (Å²) in [4.78, 5) is 7.06. The maximum atomic E-state index is 11.1. The summed E-state index contributed by atoms with van der Waals surface area (Å²) >= 11 is 6.01. The van der Waals surface area contributed by atoms with Crippen LogP contribution in [0, 0.1) is 0 Å². The molecule has 4 nitrogen and oxygen atoms in total. The number of hydrogen-bond acceptors (Lipinski definition) is 4. The molecule has 0 spiro atoms. The summed E-state index contributed by atoms with van der Waals surface area (Å²) in [5.74, 6) is 0.834. The number of pyridine rings is 1. The third kappa shape index (κ3) is 4.31. The molecule has 0 unspecified atom stereocenters. The second kappa shape index (κ2) is 9.07. The summed E-state index contributed by atoms with van der Waals surface area (Å²) in [7, 11) is 0. The minimum Gasteiger partial charge on any atom is -0.487 e. The van der Waals surface area contributed by atoms with Crippen molar-refractivity contribution in [2.24, 2.45) is 0 Å². The molecule has 5 rings (SSSR count). The van der Waals surface area contributed by atoms with Gasteiger partial charge in [-0.3, -0.25) is 4.98 Å². The summed E-state index contributed by atoms with van der Waals surface area (Å²) in [6.07, 6.45) is 6.49. The van der Waals surface area contributed by atoms with Crippen molar-refractivity contribution >= 4 is 17.2 Å². The SMILES string of the molecule is OC1(c2ccc(Cl)cc2)CCN(CC/C=C2\c3ccccc3COc3cccnc32)CC1. The fraction of sp³-hybridized carbons (Fsp3) is 0.296. The lowest BCUT2D eigenvalue weighted by Gasteiger charge is -2.38. The number of piperidine rings is 1. The molecule has 0 atom stereocenters. The largest absolute Gasteiger partial charge is 0.487 e. The Bertz CT molecular complexity index is 1070. The average Bonchev–Trinajstić information content (AvgIpc) is 2.98. The van der Waals surface area contributed by atoms with E-state index < -0.39 is 5.60 Å². The second-order valence-electron chi connectivity index (χ2n) is 8.58. The van der Waals surface area contributed by atoms with Gasteiger partial charge in [-0.2, -0.15) is 0 Å². The van der Waals surface area contributed by atoms with Crippen molar-refractivity contribution in [2.45, 2.75) is 31.5 Å². The van der Waals surface area contributed by atoms with Crippen LogP contribution in [-0.2, 0) is 12.2 Å². The van der Waals surface area contributed by atoms with Crippen LogP contribution in [-0.4, -0.2) is 34.6 Å². The minimum absolute atomic E-state index is 0.557. The number of nitrogens with zero attached hydrogens (tertiary/aromatic N) is 2. The predicted molar refractivity (Wildman–Crippen MR) is 128 cm³/mol. The first-order valence-electron chi connectivity index (χ1n) is 11.2. The smallest absolute Gasteiger partial charge is 0.146 e. The summed E-state index contributed by atoms with van der Waals surface area (Å²) < 4.78 is 6.02. The highest BCUT2D eigenvalue weighted by Crippen LogP contribution is 2.36. The summed E-state index contributed by atoms with van der Waals surface area (Å²) in [6, 6.07) is 19.9. The highest BCUT2D eigenvalue weighted by Gasteiger charge is 2.33. The average molecular weight is 447 g/mol. The molecule has 32 heavy (non-hydrogen) atoms. The van der Waals surface area contributed by atoms with Gasteiger partial charge in [0.05, 0.1) is 5.60 Å². The van der Waals surface area contributed by atoms with Gasteiger partial charge in [-0.15, -0.1) is 0 Å². The quantitative estimate of drug-likeness (QED) is 0.580. The van der Waals surface area contributed by atoms with Crippen molar-refractivity contribution in [3.63, 3.8) is 0 Å². The summed E-state index contributed by atoms with van der Waals surface area (Å²) in [6.45, 7) is 3.25. The number of fused-ring (bicyclic) bond motifs is 2. The zero-order valence-electron chi connectivity index (χ0n) is 18.0. The van der Waals surface area contributed by atoms with Crippen molar-refractivity contribution in [1.82, 2.24) is 9.88 Å². The van der Waals surface area contributed by atoms with Crippen LogP contribution in [0.4, 0.5) is 0 Å². The summed E-state index contributed by atoms with van der Waals surface area (Å²) in [5, 5.41) is 11.8. The minimum atomic E-state index is -0.764. The van der Waals surface area contributed by atoms with Crippen LogP contribution < -0.4 is 4.74 Å². The first kappa shape index (κ1) is 21.2. The molecule has 0 aliphatic carbocycles. The molecule has 0 bridgehead atoms. The third-order valence-corrected chi connectivity index (χ3v) is 6.83. The number of benzene rings is 2. The Morgan fingerprint density at radius 2 is 1.81 bits per heavy atom. The lowest BCUT2D eigenvalue weighted by molar-refractivity contribution is -0.0254. The number of aliphatic hydroxyl groups is 1. The number of ether oxygens (including phenoxy) is 1. The van der Waals surface area contributed by atoms with Gasteiger partial charge in [-0.25, -0.2) is 0 Å². The van der Waals surface area contributed by atoms with Crippen molar-refractivity contribution in [1.29, 1.82) is 0 Å². The molecule has 0 amide bonds. The Kier molecular flexibility index (Phi) is 6.01. The van der Waals surface area contributed by atoms with Gasteiger partial charge in [0.25, 0.3) is 0 Å². The number of halogens is 1. The van der Waals surface area contributed by atoms with Gasteiger partial charge in [0.1, 0.15) is 18.1 Å². The van der Waals surface area contributed by atoms with Crippen molar-refractivity contribution in [3.05, 3.63) is 100 Å². The Morgan fingerprint density at radius 3 is 2.62 bits per heavy atom. The molecule has 0 radical (unpaired) electrons. The molecule has 3 aromatic rings. The number of hydrogen-bond donors (Lipinski definition) is 1. The van der Waals surface area contributed by atoms with Gasteiger partial charge < -0.3 is 14.7 Å². The molecule has 1 fully saturated rings. The molecular weight excluding hydrogens is 420 g/mol. The number of likely N-dealkylation sites (tertiary alicyclic amines) is 1. The van der Waals surface area contributed by atoms with Crippen LogP contribution >= 0.6 is 11.6 Å². The van der Waals surface area contributed by atoms with E-state index in [1.54, 1.807) is 0 Å². The lowest BCUT2D eigenvalue weighted by atomic mass is 9.84. The van der Waals surface area contributed by atoms with Gasteiger partial charge in [0.15, 0.2) is 0 Å². The van der Waals surface area contributed by atoms with Crippen LogP contribution in [0.1, 0.15) is 41.6 Å². The monoisotopic (exact) mass is 446 g/mol. The van der Waals surface area contributed by atoms with E-state index in [-0.39, 0.29) is 0 Å². The van der Waals surface area contributed by atoms with Crippen molar-refractivity contribution in [2.75, 3.05) is 19.6 Å². The van der Waals surface area contributed by atoms with E-state index >= 15 is 0 Å². The van der Waals surface area contributed by atoms with Crippen molar-refractivity contribution in [3.8, 4) is 5.75 Å². The van der Waals surface area contributed by atoms with Crippen LogP contribution in [0.2, 0.25) is 5.02 Å².